The molecule has 0 bridgehead atoms. The molecule has 0 spiro atoms. The van der Waals surface area contributed by atoms with Crippen LogP contribution in [0.15, 0.2) is 12.1 Å². The van der Waals surface area contributed by atoms with Crippen molar-refractivity contribution in [3.8, 4) is 0 Å². The number of nitro groups is 1. The molecule has 2 rings (SSSR count). The fourth-order valence-corrected chi connectivity index (χ4v) is 1.23. The third-order valence-electron chi connectivity index (χ3n) is 2.10. The fraction of sp³-hybridized carbons (Fsp3) is 0.375. The summed E-state index contributed by atoms with van der Waals surface area (Å²) < 4.78 is 0. The molecule has 13 heavy (non-hydrogen) atoms. The molecule has 0 unspecified atom stereocenters. The number of pyridine rings is 1. The maximum atomic E-state index is 10.5. The van der Waals surface area contributed by atoms with Gasteiger partial charge < -0.3 is 15.8 Å². The first-order chi connectivity index (χ1) is 6.18. The van der Waals surface area contributed by atoms with Gasteiger partial charge in [-0.1, -0.05) is 0 Å². The van der Waals surface area contributed by atoms with Crippen molar-refractivity contribution in [2.45, 2.75) is 18.8 Å². The second kappa shape index (κ2) is 2.69. The average molecular weight is 179 g/mol. The molecule has 0 atom stereocenters. The van der Waals surface area contributed by atoms with Crippen LogP contribution in [0.2, 0.25) is 0 Å². The van der Waals surface area contributed by atoms with Gasteiger partial charge in [0.15, 0.2) is 5.69 Å². The highest BCUT2D eigenvalue weighted by Crippen LogP contribution is 2.40. The van der Waals surface area contributed by atoms with Crippen LogP contribution >= 0.6 is 0 Å². The molecule has 5 heteroatoms. The first-order valence-electron chi connectivity index (χ1n) is 4.09. The molecule has 1 saturated carbocycles. The Bertz CT molecular complexity index is 360. The number of rotatable bonds is 2. The summed E-state index contributed by atoms with van der Waals surface area (Å²) in [5.74, 6) is 0.198. The number of nitrogens with two attached hydrogens (primary N) is 1. The minimum atomic E-state index is -0.540. The molecule has 5 nitrogen and oxygen atoms in total. The predicted octanol–water partition coefficient (Wildman–Crippen LogP) is 1.45. The predicted molar refractivity (Wildman–Crippen MR) is 47.3 cm³/mol. The van der Waals surface area contributed by atoms with Gasteiger partial charge in [-0.2, -0.15) is 0 Å². The molecule has 2 N–H and O–H groups in total. The van der Waals surface area contributed by atoms with E-state index in [4.69, 9.17) is 5.73 Å². The molecular formula is C8H9N3O2. The Morgan fingerprint density at radius 2 is 2.23 bits per heavy atom. The number of nitrogen functional groups attached to an aromatic ring is 1. The second-order valence-electron chi connectivity index (χ2n) is 3.18. The highest BCUT2D eigenvalue weighted by atomic mass is 16.6. The van der Waals surface area contributed by atoms with E-state index in [0.717, 1.165) is 18.5 Å². The minimum Gasteiger partial charge on any atom is -0.392 e. The highest BCUT2D eigenvalue weighted by molar-refractivity contribution is 5.53. The number of aromatic nitrogens is 1. The van der Waals surface area contributed by atoms with E-state index in [1.807, 2.05) is 0 Å². The van der Waals surface area contributed by atoms with Crippen LogP contribution in [0.5, 0.6) is 0 Å². The van der Waals surface area contributed by atoms with E-state index in [1.165, 1.54) is 0 Å². The van der Waals surface area contributed by atoms with Crippen LogP contribution in [0.1, 0.15) is 24.5 Å². The molecule has 68 valence electrons. The number of anilines is 1. The van der Waals surface area contributed by atoms with Crippen molar-refractivity contribution in [3.05, 3.63) is 27.9 Å². The summed E-state index contributed by atoms with van der Waals surface area (Å²) in [5.41, 5.74) is 6.33. The van der Waals surface area contributed by atoms with E-state index in [0.29, 0.717) is 5.92 Å². The summed E-state index contributed by atoms with van der Waals surface area (Å²) in [5, 5.41) is 10.5. The summed E-state index contributed by atoms with van der Waals surface area (Å²) in [7, 11) is 0. The summed E-state index contributed by atoms with van der Waals surface area (Å²) in [6.07, 6.45) is 2.15. The second-order valence-corrected chi connectivity index (χ2v) is 3.18. The van der Waals surface area contributed by atoms with E-state index in [2.05, 4.69) is 4.98 Å². The van der Waals surface area contributed by atoms with E-state index >= 15 is 0 Å². The summed E-state index contributed by atoms with van der Waals surface area (Å²) in [4.78, 5) is 13.8. The largest absolute Gasteiger partial charge is 0.392 e. The summed E-state index contributed by atoms with van der Waals surface area (Å²) in [6, 6.07) is 3.32. The van der Waals surface area contributed by atoms with Gasteiger partial charge >= 0.3 is 5.82 Å². The van der Waals surface area contributed by atoms with Crippen molar-refractivity contribution in [1.82, 2.24) is 4.98 Å². The van der Waals surface area contributed by atoms with Crippen LogP contribution in [0.3, 0.4) is 0 Å². The van der Waals surface area contributed by atoms with Crippen LogP contribution in [-0.2, 0) is 0 Å². The van der Waals surface area contributed by atoms with Crippen LogP contribution in [0.4, 0.5) is 11.5 Å². The zero-order valence-corrected chi connectivity index (χ0v) is 6.93. The van der Waals surface area contributed by atoms with Crippen LogP contribution in [0.25, 0.3) is 0 Å². The maximum Gasteiger partial charge on any atom is 0.386 e. The Balaban J connectivity index is 2.41. The van der Waals surface area contributed by atoms with E-state index in [-0.39, 0.29) is 11.5 Å². The summed E-state index contributed by atoms with van der Waals surface area (Å²) >= 11 is 0. The molecule has 0 aromatic carbocycles. The molecule has 1 heterocycles. The standard InChI is InChI=1S/C8H9N3O2/c9-6-3-4-7(5-1-2-5)10-8(6)11(12)13/h3-5H,1-2,9H2. The Morgan fingerprint density at radius 3 is 2.77 bits per heavy atom. The van der Waals surface area contributed by atoms with Gasteiger partial charge in [0.05, 0.1) is 0 Å². The van der Waals surface area contributed by atoms with Crippen LogP contribution in [0, 0.1) is 10.1 Å². The lowest BCUT2D eigenvalue weighted by Gasteiger charge is -1.97. The fourth-order valence-electron chi connectivity index (χ4n) is 1.23. The molecule has 0 amide bonds. The van der Waals surface area contributed by atoms with Gasteiger partial charge in [-0.25, -0.2) is 0 Å². The van der Waals surface area contributed by atoms with Crippen molar-refractivity contribution >= 4 is 11.5 Å². The van der Waals surface area contributed by atoms with Gasteiger partial charge in [-0.3, -0.25) is 0 Å². The van der Waals surface area contributed by atoms with Gasteiger partial charge in [0.2, 0.25) is 0 Å². The number of hydrogen-bond donors (Lipinski definition) is 1. The highest BCUT2D eigenvalue weighted by Gasteiger charge is 2.30. The third kappa shape index (κ3) is 1.44. The number of nitrogens with zero attached hydrogens (tertiary/aromatic N) is 2. The normalized spacial score (nSPS) is 15.7. The molecule has 1 aliphatic carbocycles. The van der Waals surface area contributed by atoms with Gasteiger partial charge in [0.1, 0.15) is 5.69 Å². The number of hydrogen-bond acceptors (Lipinski definition) is 4. The zero-order valence-electron chi connectivity index (χ0n) is 6.93. The lowest BCUT2D eigenvalue weighted by atomic mass is 10.2. The van der Waals surface area contributed by atoms with E-state index in [1.54, 1.807) is 12.1 Å². The van der Waals surface area contributed by atoms with Crippen molar-refractivity contribution in [2.24, 2.45) is 0 Å². The Kier molecular flexibility index (Phi) is 1.65. The molecule has 1 fully saturated rings. The van der Waals surface area contributed by atoms with Crippen molar-refractivity contribution in [3.63, 3.8) is 0 Å². The average Bonchev–Trinajstić information content (AvgIpc) is 2.87. The minimum absolute atomic E-state index is 0.134. The maximum absolute atomic E-state index is 10.5. The third-order valence-corrected chi connectivity index (χ3v) is 2.10. The van der Waals surface area contributed by atoms with Crippen molar-refractivity contribution < 1.29 is 4.92 Å². The smallest absolute Gasteiger partial charge is 0.386 e. The Morgan fingerprint density at radius 1 is 1.54 bits per heavy atom. The van der Waals surface area contributed by atoms with Crippen LogP contribution < -0.4 is 5.73 Å². The Labute approximate surface area is 74.7 Å². The molecule has 1 aliphatic rings. The SMILES string of the molecule is Nc1ccc(C2CC2)nc1[N+](=O)[O-]. The first-order valence-corrected chi connectivity index (χ1v) is 4.09. The van der Waals surface area contributed by atoms with Crippen LogP contribution in [-0.4, -0.2) is 9.91 Å². The van der Waals surface area contributed by atoms with Gasteiger partial charge in [0, 0.05) is 5.92 Å². The zero-order chi connectivity index (χ0) is 9.42. The lowest BCUT2D eigenvalue weighted by Crippen LogP contribution is -2.00. The molecule has 1 aromatic rings. The molecule has 0 saturated heterocycles. The van der Waals surface area contributed by atoms with E-state index < -0.39 is 4.92 Å². The van der Waals surface area contributed by atoms with E-state index in [9.17, 15) is 10.1 Å². The summed E-state index contributed by atoms with van der Waals surface area (Å²) in [6.45, 7) is 0. The van der Waals surface area contributed by atoms with Gasteiger partial charge in [-0.15, -0.1) is 0 Å². The first kappa shape index (κ1) is 7.97. The molecular weight excluding hydrogens is 170 g/mol. The quantitative estimate of drug-likeness (QED) is 0.550. The Hall–Kier alpha value is -1.65. The van der Waals surface area contributed by atoms with Gasteiger partial charge in [0.25, 0.3) is 0 Å². The molecule has 0 aliphatic heterocycles. The van der Waals surface area contributed by atoms with Crippen molar-refractivity contribution in [1.29, 1.82) is 0 Å². The topological polar surface area (TPSA) is 82.0 Å². The monoisotopic (exact) mass is 179 g/mol. The van der Waals surface area contributed by atoms with Gasteiger partial charge in [-0.05, 0) is 34.9 Å². The molecule has 0 radical (unpaired) electrons. The molecule has 1 aromatic heterocycles. The lowest BCUT2D eigenvalue weighted by molar-refractivity contribution is -0.388. The van der Waals surface area contributed by atoms with Crippen molar-refractivity contribution in [2.75, 3.05) is 5.73 Å².